The second-order valence-corrected chi connectivity index (χ2v) is 3.75. The van der Waals surface area contributed by atoms with Crippen LogP contribution < -0.4 is 0 Å². The van der Waals surface area contributed by atoms with E-state index in [1.165, 1.54) is 0 Å². The highest BCUT2D eigenvalue weighted by molar-refractivity contribution is 5.80. The second-order valence-electron chi connectivity index (χ2n) is 3.75. The van der Waals surface area contributed by atoms with Gasteiger partial charge in [0.05, 0.1) is 11.0 Å². The zero-order valence-electron chi connectivity index (χ0n) is 8.71. The second kappa shape index (κ2) is 2.99. The smallest absolute Gasteiger partial charge is 0.350 e. The minimum absolute atomic E-state index is 0. The van der Waals surface area contributed by atoms with Crippen LogP contribution in [0.1, 0.15) is 12.9 Å². The van der Waals surface area contributed by atoms with Crippen LogP contribution in [-0.4, -0.2) is 19.6 Å². The molecule has 0 radical (unpaired) electrons. The predicted octanol–water partition coefficient (Wildman–Crippen LogP) is 2.78. The van der Waals surface area contributed by atoms with Crippen molar-refractivity contribution in [2.45, 2.75) is 13.1 Å². The van der Waals surface area contributed by atoms with Crippen molar-refractivity contribution in [2.75, 3.05) is 0 Å². The molecule has 3 heterocycles. The van der Waals surface area contributed by atoms with Gasteiger partial charge in [0, 0.05) is 1.43 Å². The van der Waals surface area contributed by atoms with Crippen molar-refractivity contribution in [3.8, 4) is 0 Å². The summed E-state index contributed by atoms with van der Waals surface area (Å²) in [6.45, 7) is 1.69. The number of H-pyrrole nitrogens is 1. The molecule has 0 unspecified atom stereocenters. The SMILES string of the molecule is Cc1nnc2ccc3[nH]c(C(F)(F)F)cc3n12.[HH]. The first-order chi connectivity index (χ1) is 7.97. The number of pyridine rings is 1. The van der Waals surface area contributed by atoms with E-state index in [9.17, 15) is 13.2 Å². The Labute approximate surface area is 94.6 Å². The molecule has 0 bridgehead atoms. The van der Waals surface area contributed by atoms with E-state index in [4.69, 9.17) is 0 Å². The summed E-state index contributed by atoms with van der Waals surface area (Å²) < 4.78 is 39.3. The van der Waals surface area contributed by atoms with E-state index in [0.29, 0.717) is 22.5 Å². The van der Waals surface area contributed by atoms with E-state index in [1.807, 2.05) is 0 Å². The highest BCUT2D eigenvalue weighted by atomic mass is 19.4. The Kier molecular flexibility index (Phi) is 1.78. The molecule has 1 N–H and O–H groups in total. The lowest BCUT2D eigenvalue weighted by Gasteiger charge is -2.00. The van der Waals surface area contributed by atoms with Gasteiger partial charge in [-0.2, -0.15) is 13.2 Å². The minimum atomic E-state index is -4.38. The molecule has 0 fully saturated rings. The van der Waals surface area contributed by atoms with Crippen molar-refractivity contribution < 1.29 is 14.6 Å². The Hall–Kier alpha value is -2.05. The van der Waals surface area contributed by atoms with E-state index in [2.05, 4.69) is 15.2 Å². The summed E-state index contributed by atoms with van der Waals surface area (Å²) in [7, 11) is 0. The number of aromatic amines is 1. The number of aryl methyl sites for hydroxylation is 1. The summed E-state index contributed by atoms with van der Waals surface area (Å²) in [5.41, 5.74) is 0.598. The predicted molar refractivity (Wildman–Crippen MR) is 56.7 cm³/mol. The number of halogens is 3. The molecule has 17 heavy (non-hydrogen) atoms. The van der Waals surface area contributed by atoms with Gasteiger partial charge in [0.2, 0.25) is 0 Å². The molecular weight excluding hydrogens is 233 g/mol. The molecule has 0 aromatic carbocycles. The van der Waals surface area contributed by atoms with Crippen LogP contribution >= 0.6 is 0 Å². The quantitative estimate of drug-likeness (QED) is 0.658. The Balaban J connectivity index is 0.00000120. The van der Waals surface area contributed by atoms with E-state index >= 15 is 0 Å². The Morgan fingerprint density at radius 1 is 1.29 bits per heavy atom. The van der Waals surface area contributed by atoms with E-state index in [-0.39, 0.29) is 1.43 Å². The van der Waals surface area contributed by atoms with Crippen LogP contribution in [0.5, 0.6) is 0 Å². The fourth-order valence-corrected chi connectivity index (χ4v) is 1.87. The first kappa shape index (κ1) is 10.1. The van der Waals surface area contributed by atoms with Crippen LogP contribution in [0.2, 0.25) is 0 Å². The third kappa shape index (κ3) is 1.38. The average Bonchev–Trinajstić information content (AvgIpc) is 2.80. The van der Waals surface area contributed by atoms with Crippen LogP contribution in [0, 0.1) is 6.92 Å². The van der Waals surface area contributed by atoms with Crippen molar-refractivity contribution in [3.05, 3.63) is 29.7 Å². The Bertz CT molecular complexity index is 713. The first-order valence-electron chi connectivity index (χ1n) is 4.87. The zero-order chi connectivity index (χ0) is 12.2. The molecule has 0 aliphatic rings. The minimum Gasteiger partial charge on any atom is -0.350 e. The van der Waals surface area contributed by atoms with Crippen LogP contribution in [0.25, 0.3) is 16.7 Å². The molecule has 0 aliphatic heterocycles. The van der Waals surface area contributed by atoms with Crippen LogP contribution in [0.15, 0.2) is 18.2 Å². The molecular formula is C10H9F3N4. The molecule has 0 amide bonds. The molecule has 7 heteroatoms. The maximum absolute atomic E-state index is 12.6. The fraction of sp³-hybridized carbons (Fsp3) is 0.200. The lowest BCUT2D eigenvalue weighted by atomic mass is 10.3. The van der Waals surface area contributed by atoms with Gasteiger partial charge in [0.15, 0.2) is 5.65 Å². The number of hydrogen-bond acceptors (Lipinski definition) is 2. The van der Waals surface area contributed by atoms with Crippen molar-refractivity contribution in [1.29, 1.82) is 0 Å². The van der Waals surface area contributed by atoms with Crippen molar-refractivity contribution in [2.24, 2.45) is 0 Å². The van der Waals surface area contributed by atoms with Gasteiger partial charge in [-0.25, -0.2) is 0 Å². The largest absolute Gasteiger partial charge is 0.431 e. The van der Waals surface area contributed by atoms with E-state index in [1.54, 1.807) is 23.5 Å². The van der Waals surface area contributed by atoms with Gasteiger partial charge in [-0.15, -0.1) is 10.2 Å². The molecule has 3 aromatic heterocycles. The van der Waals surface area contributed by atoms with E-state index < -0.39 is 11.9 Å². The molecule has 3 rings (SSSR count). The monoisotopic (exact) mass is 242 g/mol. The summed E-state index contributed by atoms with van der Waals surface area (Å²) in [6, 6.07) is 4.26. The number of hydrogen-bond donors (Lipinski definition) is 1. The van der Waals surface area contributed by atoms with Gasteiger partial charge >= 0.3 is 6.18 Å². The maximum Gasteiger partial charge on any atom is 0.431 e. The normalized spacial score (nSPS) is 12.7. The highest BCUT2D eigenvalue weighted by Gasteiger charge is 2.33. The zero-order valence-corrected chi connectivity index (χ0v) is 8.71. The number of rotatable bonds is 0. The van der Waals surface area contributed by atoms with Gasteiger partial charge in [-0.3, -0.25) is 4.40 Å². The van der Waals surface area contributed by atoms with Crippen LogP contribution in [0.3, 0.4) is 0 Å². The molecule has 90 valence electrons. The van der Waals surface area contributed by atoms with Crippen LogP contribution in [0.4, 0.5) is 13.2 Å². The summed E-state index contributed by atoms with van der Waals surface area (Å²) in [4.78, 5) is 2.34. The summed E-state index contributed by atoms with van der Waals surface area (Å²) in [5.74, 6) is 0.554. The number of nitrogens with zero attached hydrogens (tertiary/aromatic N) is 3. The number of alkyl halides is 3. The number of fused-ring (bicyclic) bond motifs is 3. The molecule has 0 saturated carbocycles. The lowest BCUT2D eigenvalue weighted by molar-refractivity contribution is -0.140. The molecule has 0 aliphatic carbocycles. The third-order valence-corrected chi connectivity index (χ3v) is 2.62. The standard InChI is InChI=1S/C10H7F3N4.H2/c1-5-15-16-9-3-2-6-7(17(5)9)4-8(14-6)10(11,12)13;/h2-4,14H,1H3;1H. The van der Waals surface area contributed by atoms with E-state index in [0.717, 1.165) is 6.07 Å². The van der Waals surface area contributed by atoms with Gasteiger partial charge in [-0.05, 0) is 25.1 Å². The number of aromatic nitrogens is 4. The van der Waals surface area contributed by atoms with Crippen LogP contribution in [-0.2, 0) is 6.18 Å². The molecule has 3 aromatic rings. The molecule has 0 saturated heterocycles. The lowest BCUT2D eigenvalue weighted by Crippen LogP contribution is -2.04. The van der Waals surface area contributed by atoms with Gasteiger partial charge in [0.25, 0.3) is 0 Å². The summed E-state index contributed by atoms with van der Waals surface area (Å²) in [6.07, 6.45) is -4.38. The van der Waals surface area contributed by atoms with Gasteiger partial charge in [0.1, 0.15) is 11.5 Å². The maximum atomic E-state index is 12.6. The molecule has 0 spiro atoms. The topological polar surface area (TPSA) is 46.0 Å². The Morgan fingerprint density at radius 3 is 2.76 bits per heavy atom. The number of nitrogens with one attached hydrogen (secondary N) is 1. The van der Waals surface area contributed by atoms with Crippen molar-refractivity contribution in [3.63, 3.8) is 0 Å². The highest BCUT2D eigenvalue weighted by Crippen LogP contribution is 2.31. The first-order valence-corrected chi connectivity index (χ1v) is 4.87. The Morgan fingerprint density at radius 2 is 2.06 bits per heavy atom. The van der Waals surface area contributed by atoms with Gasteiger partial charge < -0.3 is 4.98 Å². The third-order valence-electron chi connectivity index (χ3n) is 2.62. The summed E-state index contributed by atoms with van der Waals surface area (Å²) in [5, 5.41) is 7.69. The van der Waals surface area contributed by atoms with Gasteiger partial charge in [-0.1, -0.05) is 0 Å². The average molecular weight is 242 g/mol. The fourth-order valence-electron chi connectivity index (χ4n) is 1.87. The summed E-state index contributed by atoms with van der Waals surface area (Å²) >= 11 is 0. The molecule has 4 nitrogen and oxygen atoms in total. The van der Waals surface area contributed by atoms with Crippen molar-refractivity contribution in [1.82, 2.24) is 19.6 Å². The molecule has 0 atom stereocenters. The van der Waals surface area contributed by atoms with Crippen molar-refractivity contribution >= 4 is 16.7 Å².